The molecule has 2 atom stereocenters. The zero-order valence-corrected chi connectivity index (χ0v) is 15.4. The molecule has 1 aromatic rings. The summed E-state index contributed by atoms with van der Waals surface area (Å²) in [5.41, 5.74) is 0. The Kier molecular flexibility index (Phi) is 4.77. The molecule has 4 rings (SSSR count). The van der Waals surface area contributed by atoms with Gasteiger partial charge in [-0.2, -0.15) is 0 Å². The van der Waals surface area contributed by atoms with Crippen molar-refractivity contribution in [1.29, 1.82) is 0 Å². The van der Waals surface area contributed by atoms with Gasteiger partial charge in [-0.3, -0.25) is 0 Å². The maximum atomic E-state index is 12.9. The van der Waals surface area contributed by atoms with Gasteiger partial charge in [0, 0.05) is 30.2 Å². The molecule has 0 aromatic carbocycles. The van der Waals surface area contributed by atoms with Gasteiger partial charge in [0.25, 0.3) is 0 Å². The number of carbonyl (C=O) groups is 1. The predicted molar refractivity (Wildman–Crippen MR) is 96.2 cm³/mol. The van der Waals surface area contributed by atoms with Gasteiger partial charge in [0.2, 0.25) is 0 Å². The fourth-order valence-electron chi connectivity index (χ4n) is 4.10. The lowest BCUT2D eigenvalue weighted by Crippen LogP contribution is -2.48. The van der Waals surface area contributed by atoms with Gasteiger partial charge in [0.05, 0.1) is 6.04 Å². The summed E-state index contributed by atoms with van der Waals surface area (Å²) in [4.78, 5) is 23.3. The van der Waals surface area contributed by atoms with Crippen molar-refractivity contribution in [2.45, 2.75) is 57.5 Å². The highest BCUT2D eigenvalue weighted by molar-refractivity contribution is 7.11. The van der Waals surface area contributed by atoms with Crippen LogP contribution in [-0.4, -0.2) is 53.0 Å². The van der Waals surface area contributed by atoms with Crippen LogP contribution in [0.2, 0.25) is 0 Å². The quantitative estimate of drug-likeness (QED) is 0.889. The number of nitrogens with zero attached hydrogens (tertiary/aromatic N) is 3. The minimum Gasteiger partial charge on any atom is -0.328 e. The maximum Gasteiger partial charge on any atom is 0.318 e. The van der Waals surface area contributed by atoms with Crippen LogP contribution in [0.3, 0.4) is 0 Å². The van der Waals surface area contributed by atoms with Crippen molar-refractivity contribution >= 4 is 17.4 Å². The molecule has 1 aliphatic carbocycles. The molecular formula is C18H28N4OS. The van der Waals surface area contributed by atoms with Crippen molar-refractivity contribution in [1.82, 2.24) is 20.1 Å². The smallest absolute Gasteiger partial charge is 0.318 e. The highest BCUT2D eigenvalue weighted by Gasteiger charge is 2.38. The van der Waals surface area contributed by atoms with E-state index < -0.39 is 0 Å². The molecule has 1 N–H and O–H groups in total. The molecule has 3 fully saturated rings. The third kappa shape index (κ3) is 3.59. The molecule has 24 heavy (non-hydrogen) atoms. The standard InChI is InChI=1S/C18H28N4OS/c1-13-11-19-17(24-13)16(14-6-7-14)20-18(23)22-10-4-5-15(22)12-21-8-2-3-9-21/h11,14-16H,2-10,12H2,1H3,(H,20,23). The van der Waals surface area contributed by atoms with Crippen LogP contribution in [0.25, 0.3) is 0 Å². The van der Waals surface area contributed by atoms with Crippen molar-refractivity contribution in [3.05, 3.63) is 16.1 Å². The second kappa shape index (κ2) is 7.00. The fraction of sp³-hybridized carbons (Fsp3) is 0.778. The maximum absolute atomic E-state index is 12.9. The van der Waals surface area contributed by atoms with Crippen molar-refractivity contribution in [2.75, 3.05) is 26.2 Å². The van der Waals surface area contributed by atoms with Crippen LogP contribution in [0, 0.1) is 12.8 Å². The normalized spacial score (nSPS) is 26.0. The van der Waals surface area contributed by atoms with E-state index in [2.05, 4.69) is 27.0 Å². The van der Waals surface area contributed by atoms with Gasteiger partial charge in [-0.05, 0) is 64.5 Å². The molecule has 5 nitrogen and oxygen atoms in total. The van der Waals surface area contributed by atoms with E-state index in [0.29, 0.717) is 12.0 Å². The zero-order valence-electron chi connectivity index (χ0n) is 14.5. The van der Waals surface area contributed by atoms with E-state index >= 15 is 0 Å². The number of amides is 2. The highest BCUT2D eigenvalue weighted by atomic mass is 32.1. The van der Waals surface area contributed by atoms with Crippen LogP contribution >= 0.6 is 11.3 Å². The second-order valence-electron chi connectivity index (χ2n) is 7.57. The summed E-state index contributed by atoms with van der Waals surface area (Å²) < 4.78 is 0. The molecule has 132 valence electrons. The van der Waals surface area contributed by atoms with Crippen LogP contribution in [0.15, 0.2) is 6.20 Å². The molecule has 1 saturated carbocycles. The average Bonchev–Trinajstić information content (AvgIpc) is 2.96. The van der Waals surface area contributed by atoms with E-state index in [4.69, 9.17) is 0 Å². The van der Waals surface area contributed by atoms with E-state index in [1.807, 2.05) is 6.20 Å². The van der Waals surface area contributed by atoms with Crippen molar-refractivity contribution in [3.8, 4) is 0 Å². The van der Waals surface area contributed by atoms with Crippen LogP contribution in [0.4, 0.5) is 4.79 Å². The highest BCUT2D eigenvalue weighted by Crippen LogP contribution is 2.42. The third-order valence-corrected chi connectivity index (χ3v) is 6.58. The van der Waals surface area contributed by atoms with Crippen LogP contribution in [-0.2, 0) is 0 Å². The summed E-state index contributed by atoms with van der Waals surface area (Å²) in [6.45, 7) is 6.44. The monoisotopic (exact) mass is 348 g/mol. The molecule has 0 bridgehead atoms. The lowest BCUT2D eigenvalue weighted by Gasteiger charge is -2.30. The Morgan fingerprint density at radius 3 is 2.75 bits per heavy atom. The Hall–Kier alpha value is -1.14. The van der Waals surface area contributed by atoms with Crippen molar-refractivity contribution in [3.63, 3.8) is 0 Å². The summed E-state index contributed by atoms with van der Waals surface area (Å²) in [7, 11) is 0. The molecule has 3 aliphatic rings. The predicted octanol–water partition coefficient (Wildman–Crippen LogP) is 3.17. The van der Waals surface area contributed by atoms with Gasteiger partial charge in [0.1, 0.15) is 5.01 Å². The summed E-state index contributed by atoms with van der Waals surface area (Å²) >= 11 is 1.72. The fourth-order valence-corrected chi connectivity index (χ4v) is 5.02. The Morgan fingerprint density at radius 2 is 2.08 bits per heavy atom. The number of aromatic nitrogens is 1. The summed E-state index contributed by atoms with van der Waals surface area (Å²) in [6.07, 6.45) is 9.25. The molecule has 6 heteroatoms. The lowest BCUT2D eigenvalue weighted by atomic mass is 10.2. The number of hydrogen-bond acceptors (Lipinski definition) is 4. The molecular weight excluding hydrogens is 320 g/mol. The first kappa shape index (κ1) is 16.3. The largest absolute Gasteiger partial charge is 0.328 e. The molecule has 1 aromatic heterocycles. The molecule has 2 unspecified atom stereocenters. The first-order chi connectivity index (χ1) is 11.7. The zero-order chi connectivity index (χ0) is 16.5. The SMILES string of the molecule is Cc1cnc(C(NC(=O)N2CCCC2CN2CCCC2)C2CC2)s1. The number of urea groups is 1. The molecule has 3 heterocycles. The van der Waals surface area contributed by atoms with Crippen molar-refractivity contribution in [2.24, 2.45) is 5.92 Å². The summed E-state index contributed by atoms with van der Waals surface area (Å²) in [5, 5.41) is 4.40. The Labute approximate surface area is 148 Å². The van der Waals surface area contributed by atoms with Crippen LogP contribution in [0.5, 0.6) is 0 Å². The van der Waals surface area contributed by atoms with E-state index in [1.165, 1.54) is 43.6 Å². The van der Waals surface area contributed by atoms with Crippen LogP contribution in [0.1, 0.15) is 54.5 Å². The topological polar surface area (TPSA) is 48.5 Å². The first-order valence-corrected chi connectivity index (χ1v) is 10.2. The van der Waals surface area contributed by atoms with Crippen molar-refractivity contribution < 1.29 is 4.79 Å². The van der Waals surface area contributed by atoms with Gasteiger partial charge in [0.15, 0.2) is 0 Å². The Morgan fingerprint density at radius 1 is 1.29 bits per heavy atom. The molecule has 2 amide bonds. The average molecular weight is 349 g/mol. The number of rotatable bonds is 5. The van der Waals surface area contributed by atoms with Gasteiger partial charge >= 0.3 is 6.03 Å². The van der Waals surface area contributed by atoms with Crippen LogP contribution < -0.4 is 5.32 Å². The number of hydrogen-bond donors (Lipinski definition) is 1. The van der Waals surface area contributed by atoms with E-state index in [-0.39, 0.29) is 12.1 Å². The molecule has 0 radical (unpaired) electrons. The first-order valence-electron chi connectivity index (χ1n) is 9.42. The minimum absolute atomic E-state index is 0.115. The van der Waals surface area contributed by atoms with E-state index in [9.17, 15) is 4.79 Å². The molecule has 0 spiro atoms. The second-order valence-corrected chi connectivity index (χ2v) is 8.84. The third-order valence-electron chi connectivity index (χ3n) is 5.58. The molecule has 2 saturated heterocycles. The number of thiazole rings is 1. The Balaban J connectivity index is 1.40. The van der Waals surface area contributed by atoms with E-state index in [1.54, 1.807) is 11.3 Å². The molecule has 2 aliphatic heterocycles. The number of nitrogens with one attached hydrogen (secondary N) is 1. The summed E-state index contributed by atoms with van der Waals surface area (Å²) in [5.74, 6) is 0.583. The van der Waals surface area contributed by atoms with Gasteiger partial charge in [-0.15, -0.1) is 11.3 Å². The summed E-state index contributed by atoms with van der Waals surface area (Å²) in [6, 6.07) is 0.631. The number of likely N-dealkylation sites (tertiary alicyclic amines) is 2. The minimum atomic E-state index is 0.115. The number of aryl methyl sites for hydroxylation is 1. The lowest BCUT2D eigenvalue weighted by molar-refractivity contribution is 0.170. The van der Waals surface area contributed by atoms with E-state index in [0.717, 1.165) is 30.9 Å². The van der Waals surface area contributed by atoms with Gasteiger partial charge < -0.3 is 15.1 Å². The Bertz CT molecular complexity index is 579. The number of carbonyl (C=O) groups excluding carboxylic acids is 1. The van der Waals surface area contributed by atoms with Gasteiger partial charge in [-0.25, -0.2) is 9.78 Å². The van der Waals surface area contributed by atoms with Gasteiger partial charge in [-0.1, -0.05) is 0 Å².